The van der Waals surface area contributed by atoms with E-state index in [1.165, 1.54) is 11.1 Å². The first-order valence-corrected chi connectivity index (χ1v) is 7.15. The number of alkyl halides is 3. The van der Waals surface area contributed by atoms with Crippen molar-refractivity contribution in [2.24, 2.45) is 0 Å². The van der Waals surface area contributed by atoms with Gasteiger partial charge in [0.1, 0.15) is 5.75 Å². The van der Waals surface area contributed by atoms with Crippen molar-refractivity contribution in [2.75, 3.05) is 0 Å². The lowest BCUT2D eigenvalue weighted by atomic mass is 9.99. The minimum atomic E-state index is -2.79. The van der Waals surface area contributed by atoms with Crippen molar-refractivity contribution in [3.8, 4) is 5.75 Å². The molecule has 0 spiro atoms. The third-order valence-corrected chi connectivity index (χ3v) is 4.12. The summed E-state index contributed by atoms with van der Waals surface area (Å²) in [5.41, 5.74) is 4.57. The zero-order valence-electron chi connectivity index (χ0n) is 11.2. The van der Waals surface area contributed by atoms with E-state index in [-0.39, 0.29) is 10.6 Å². The second-order valence-electron chi connectivity index (χ2n) is 4.67. The minimum absolute atomic E-state index is 0.0312. The summed E-state index contributed by atoms with van der Waals surface area (Å²) in [5.74, 6) is 0.170. The number of aryl methyl sites for hydroxylation is 2. The van der Waals surface area contributed by atoms with E-state index < -0.39 is 6.61 Å². The van der Waals surface area contributed by atoms with Gasteiger partial charge >= 0.3 is 6.61 Å². The number of rotatable bonds is 4. The smallest absolute Gasteiger partial charge is 0.387 e. The van der Waals surface area contributed by atoms with Crippen LogP contribution in [0.1, 0.15) is 27.1 Å². The Hall–Kier alpha value is -1.42. The zero-order chi connectivity index (χ0) is 14.7. The molecule has 1 unspecified atom stereocenters. The van der Waals surface area contributed by atoms with Gasteiger partial charge in [-0.15, -0.1) is 0 Å². The fraction of sp³-hybridized carbons (Fsp3) is 0.250. The summed E-state index contributed by atoms with van der Waals surface area (Å²) in [6.45, 7) is 1.32. The van der Waals surface area contributed by atoms with Crippen LogP contribution in [-0.4, -0.2) is 6.61 Å². The van der Waals surface area contributed by atoms with Gasteiger partial charge in [-0.2, -0.15) is 8.78 Å². The van der Waals surface area contributed by atoms with Crippen LogP contribution in [0.3, 0.4) is 0 Å². The highest BCUT2D eigenvalue weighted by atomic mass is 79.9. The van der Waals surface area contributed by atoms with Crippen LogP contribution in [0.2, 0.25) is 0 Å². The number of hydrogen-bond donors (Lipinski definition) is 0. The molecule has 20 heavy (non-hydrogen) atoms. The predicted molar refractivity (Wildman–Crippen MR) is 79.8 cm³/mol. The van der Waals surface area contributed by atoms with Gasteiger partial charge in [0.25, 0.3) is 0 Å². The van der Waals surface area contributed by atoms with E-state index in [1.807, 2.05) is 0 Å². The van der Waals surface area contributed by atoms with E-state index in [0.717, 1.165) is 11.1 Å². The maximum atomic E-state index is 12.1. The second kappa shape index (κ2) is 6.35. The molecule has 0 aromatic heterocycles. The van der Waals surface area contributed by atoms with Crippen LogP contribution in [0.25, 0.3) is 0 Å². The van der Waals surface area contributed by atoms with Crippen molar-refractivity contribution in [1.29, 1.82) is 0 Å². The van der Waals surface area contributed by atoms with Gasteiger partial charge in [-0.3, -0.25) is 0 Å². The molecule has 0 aliphatic heterocycles. The molecule has 2 rings (SSSR count). The molecule has 1 atom stereocenters. The van der Waals surface area contributed by atoms with E-state index in [2.05, 4.69) is 52.7 Å². The van der Waals surface area contributed by atoms with Gasteiger partial charge in [0.15, 0.2) is 0 Å². The van der Waals surface area contributed by atoms with Gasteiger partial charge in [0.2, 0.25) is 0 Å². The Labute approximate surface area is 125 Å². The highest BCUT2D eigenvalue weighted by Gasteiger charge is 2.13. The van der Waals surface area contributed by atoms with E-state index >= 15 is 0 Å². The van der Waals surface area contributed by atoms with Gasteiger partial charge in [0, 0.05) is 0 Å². The maximum Gasteiger partial charge on any atom is 0.387 e. The number of hydrogen-bond acceptors (Lipinski definition) is 1. The standard InChI is InChI=1S/C16H15BrF2O/c1-10-3-8-14(11(2)9-10)15(17)12-4-6-13(7-5-12)20-16(18)19/h3-9,15-16H,1-2H3. The summed E-state index contributed by atoms with van der Waals surface area (Å²) in [4.78, 5) is 0.0312. The Balaban J connectivity index is 2.22. The topological polar surface area (TPSA) is 9.23 Å². The highest BCUT2D eigenvalue weighted by molar-refractivity contribution is 9.09. The van der Waals surface area contributed by atoms with Crippen molar-refractivity contribution < 1.29 is 13.5 Å². The molecular weight excluding hydrogens is 326 g/mol. The van der Waals surface area contributed by atoms with Crippen LogP contribution in [0, 0.1) is 13.8 Å². The van der Waals surface area contributed by atoms with Crippen LogP contribution in [0.4, 0.5) is 8.78 Å². The van der Waals surface area contributed by atoms with Crippen molar-refractivity contribution in [3.63, 3.8) is 0 Å². The molecule has 0 saturated carbocycles. The molecular formula is C16H15BrF2O. The van der Waals surface area contributed by atoms with Crippen LogP contribution >= 0.6 is 15.9 Å². The van der Waals surface area contributed by atoms with Gasteiger partial charge in [-0.05, 0) is 42.7 Å². The molecule has 0 heterocycles. The molecule has 0 fully saturated rings. The summed E-state index contributed by atoms with van der Waals surface area (Å²) in [6, 6.07) is 12.9. The molecule has 0 saturated heterocycles. The fourth-order valence-corrected chi connectivity index (χ4v) is 2.93. The molecule has 0 aliphatic carbocycles. The van der Waals surface area contributed by atoms with Gasteiger partial charge in [-0.1, -0.05) is 51.8 Å². The monoisotopic (exact) mass is 340 g/mol. The van der Waals surface area contributed by atoms with E-state index in [9.17, 15) is 8.78 Å². The molecule has 4 heteroatoms. The van der Waals surface area contributed by atoms with Gasteiger partial charge in [0.05, 0.1) is 4.83 Å². The lowest BCUT2D eigenvalue weighted by molar-refractivity contribution is -0.0498. The first kappa shape index (κ1) is 15.0. The van der Waals surface area contributed by atoms with Crippen LogP contribution in [0.5, 0.6) is 5.75 Å². The third-order valence-electron chi connectivity index (χ3n) is 3.10. The molecule has 2 aromatic rings. The minimum Gasteiger partial charge on any atom is -0.435 e. The zero-order valence-corrected chi connectivity index (χ0v) is 12.8. The first-order chi connectivity index (χ1) is 9.47. The molecule has 0 amide bonds. The Morgan fingerprint density at radius 3 is 2.20 bits per heavy atom. The molecule has 0 aliphatic rings. The van der Waals surface area contributed by atoms with Gasteiger partial charge < -0.3 is 4.74 Å². The summed E-state index contributed by atoms with van der Waals surface area (Å²) in [6.07, 6.45) is 0. The highest BCUT2D eigenvalue weighted by Crippen LogP contribution is 2.34. The summed E-state index contributed by atoms with van der Waals surface area (Å²) in [7, 11) is 0. The predicted octanol–water partition coefficient (Wildman–Crippen LogP) is 5.39. The number of benzene rings is 2. The lowest BCUT2D eigenvalue weighted by Crippen LogP contribution is -2.02. The fourth-order valence-electron chi connectivity index (χ4n) is 2.11. The average Bonchev–Trinajstić information content (AvgIpc) is 2.38. The summed E-state index contributed by atoms with van der Waals surface area (Å²) < 4.78 is 28.6. The van der Waals surface area contributed by atoms with Gasteiger partial charge in [-0.25, -0.2) is 0 Å². The number of ether oxygens (including phenoxy) is 1. The van der Waals surface area contributed by atoms with Crippen molar-refractivity contribution in [2.45, 2.75) is 25.3 Å². The average molecular weight is 341 g/mol. The first-order valence-electron chi connectivity index (χ1n) is 6.23. The van der Waals surface area contributed by atoms with Crippen molar-refractivity contribution in [1.82, 2.24) is 0 Å². The Morgan fingerprint density at radius 1 is 1.00 bits per heavy atom. The van der Waals surface area contributed by atoms with E-state index in [4.69, 9.17) is 0 Å². The number of halogens is 3. The quantitative estimate of drug-likeness (QED) is 0.678. The largest absolute Gasteiger partial charge is 0.435 e. The Morgan fingerprint density at radius 2 is 1.65 bits per heavy atom. The normalized spacial score (nSPS) is 12.5. The Kier molecular flexibility index (Phi) is 4.76. The van der Waals surface area contributed by atoms with Crippen molar-refractivity contribution in [3.05, 3.63) is 64.7 Å². The molecule has 1 nitrogen and oxygen atoms in total. The van der Waals surface area contributed by atoms with Crippen LogP contribution in [-0.2, 0) is 0 Å². The van der Waals surface area contributed by atoms with E-state index in [0.29, 0.717) is 0 Å². The second-order valence-corrected chi connectivity index (χ2v) is 5.59. The lowest BCUT2D eigenvalue weighted by Gasteiger charge is -2.15. The summed E-state index contributed by atoms with van der Waals surface area (Å²) >= 11 is 3.66. The summed E-state index contributed by atoms with van der Waals surface area (Å²) in [5, 5.41) is 0. The van der Waals surface area contributed by atoms with Crippen LogP contribution < -0.4 is 4.74 Å². The SMILES string of the molecule is Cc1ccc(C(Br)c2ccc(OC(F)F)cc2)c(C)c1. The molecule has 0 bridgehead atoms. The molecule has 106 valence electrons. The molecule has 0 N–H and O–H groups in total. The third kappa shape index (κ3) is 3.57. The van der Waals surface area contributed by atoms with E-state index in [1.54, 1.807) is 24.3 Å². The van der Waals surface area contributed by atoms with Crippen molar-refractivity contribution >= 4 is 15.9 Å². The molecule has 2 aromatic carbocycles. The van der Waals surface area contributed by atoms with Crippen LogP contribution in [0.15, 0.2) is 42.5 Å². The Bertz CT molecular complexity index is 582. The molecule has 0 radical (unpaired) electrons. The maximum absolute atomic E-state index is 12.1.